The predicted molar refractivity (Wildman–Crippen MR) is 74.9 cm³/mol. The van der Waals surface area contributed by atoms with Crippen molar-refractivity contribution in [3.05, 3.63) is 23.8 Å². The minimum Gasteiger partial charge on any atom is -0.477 e. The van der Waals surface area contributed by atoms with Gasteiger partial charge < -0.3 is 14.6 Å². The van der Waals surface area contributed by atoms with Gasteiger partial charge in [0.15, 0.2) is 23.0 Å². The van der Waals surface area contributed by atoms with Gasteiger partial charge in [-0.3, -0.25) is 0 Å². The number of carboxylic acid groups (broad SMARTS) is 1. The standard InChI is InChI=1S/C13H6N6O4/c20-13(21)10-11-6(16-19-17-11)3-9-12(10)23-8-2-5-4(14-18-15-5)1-7(8)22-9/h1-3H,(H,20,21)(H,14,15,18)(H,16,17,19). The number of aromatic nitrogens is 6. The third kappa shape index (κ3) is 1.54. The molecule has 0 fully saturated rings. The Morgan fingerprint density at radius 3 is 2.22 bits per heavy atom. The lowest BCUT2D eigenvalue weighted by molar-refractivity contribution is 0.0695. The summed E-state index contributed by atoms with van der Waals surface area (Å²) in [4.78, 5) is 11.6. The largest absolute Gasteiger partial charge is 0.477 e. The van der Waals surface area contributed by atoms with E-state index in [-0.39, 0.29) is 22.6 Å². The average molecular weight is 310 g/mol. The van der Waals surface area contributed by atoms with Gasteiger partial charge in [-0.1, -0.05) is 0 Å². The fourth-order valence-corrected chi connectivity index (χ4v) is 2.56. The Hall–Kier alpha value is -3.69. The number of fused-ring (bicyclic) bond motifs is 4. The second-order valence-corrected chi connectivity index (χ2v) is 4.89. The van der Waals surface area contributed by atoms with E-state index in [2.05, 4.69) is 30.8 Å². The maximum atomic E-state index is 11.6. The third-order valence-corrected chi connectivity index (χ3v) is 3.56. The summed E-state index contributed by atoms with van der Waals surface area (Å²) in [6, 6.07) is 4.84. The van der Waals surface area contributed by atoms with Crippen molar-refractivity contribution in [1.29, 1.82) is 0 Å². The number of hydrogen-bond donors (Lipinski definition) is 3. The van der Waals surface area contributed by atoms with Crippen molar-refractivity contribution in [2.75, 3.05) is 0 Å². The van der Waals surface area contributed by atoms with E-state index in [4.69, 9.17) is 9.47 Å². The molecular formula is C13H6N6O4. The number of nitrogens with one attached hydrogen (secondary N) is 2. The van der Waals surface area contributed by atoms with Crippen LogP contribution in [0.25, 0.3) is 22.1 Å². The van der Waals surface area contributed by atoms with Crippen LogP contribution < -0.4 is 9.47 Å². The van der Waals surface area contributed by atoms with Crippen LogP contribution in [-0.4, -0.2) is 41.9 Å². The zero-order chi connectivity index (χ0) is 15.6. The number of benzene rings is 2. The number of H-pyrrole nitrogens is 2. The molecule has 2 aromatic carbocycles. The normalized spacial score (nSPS) is 12.5. The van der Waals surface area contributed by atoms with Gasteiger partial charge in [0.05, 0.1) is 0 Å². The average Bonchev–Trinajstić information content (AvgIpc) is 3.15. The summed E-state index contributed by atoms with van der Waals surface area (Å²) < 4.78 is 11.5. The van der Waals surface area contributed by atoms with Gasteiger partial charge in [-0.2, -0.15) is 30.8 Å². The van der Waals surface area contributed by atoms with Gasteiger partial charge in [0.1, 0.15) is 27.6 Å². The first kappa shape index (κ1) is 11.9. The molecule has 0 spiro atoms. The van der Waals surface area contributed by atoms with Crippen LogP contribution in [0.2, 0.25) is 0 Å². The SMILES string of the molecule is O=C(O)c1c2c(cc3n[nH]nc13)Oc1cc3n[nH]nc3cc1O2. The molecule has 0 bridgehead atoms. The molecule has 1 aliphatic heterocycles. The summed E-state index contributed by atoms with van der Waals surface area (Å²) in [7, 11) is 0. The minimum atomic E-state index is -1.18. The van der Waals surface area contributed by atoms with Crippen LogP contribution in [0, 0.1) is 0 Å². The summed E-state index contributed by atoms with van der Waals surface area (Å²) >= 11 is 0. The first-order valence-corrected chi connectivity index (χ1v) is 6.52. The number of carboxylic acids is 1. The van der Waals surface area contributed by atoms with E-state index in [1.54, 1.807) is 18.2 Å². The summed E-state index contributed by atoms with van der Waals surface area (Å²) in [6.07, 6.45) is 0. The topological polar surface area (TPSA) is 139 Å². The number of aromatic amines is 2. The Balaban J connectivity index is 1.79. The van der Waals surface area contributed by atoms with Crippen LogP contribution in [0.3, 0.4) is 0 Å². The lowest BCUT2D eigenvalue weighted by Gasteiger charge is -2.21. The monoisotopic (exact) mass is 310 g/mol. The van der Waals surface area contributed by atoms with E-state index in [0.717, 1.165) is 0 Å². The molecule has 10 nitrogen and oxygen atoms in total. The first-order valence-electron chi connectivity index (χ1n) is 6.52. The fraction of sp³-hybridized carbons (Fsp3) is 0. The highest BCUT2D eigenvalue weighted by molar-refractivity contribution is 6.05. The molecule has 4 aromatic rings. The lowest BCUT2D eigenvalue weighted by Crippen LogP contribution is -2.07. The molecule has 0 unspecified atom stereocenters. The van der Waals surface area contributed by atoms with Crippen LogP contribution in [-0.2, 0) is 0 Å². The lowest BCUT2D eigenvalue weighted by atomic mass is 10.1. The van der Waals surface area contributed by atoms with E-state index in [0.29, 0.717) is 28.0 Å². The molecule has 2 aromatic heterocycles. The molecule has 112 valence electrons. The minimum absolute atomic E-state index is 0.0780. The molecule has 5 rings (SSSR count). The van der Waals surface area contributed by atoms with Gasteiger partial charge in [-0.15, -0.1) is 0 Å². The van der Waals surface area contributed by atoms with Crippen LogP contribution in [0.4, 0.5) is 0 Å². The van der Waals surface area contributed by atoms with Crippen molar-refractivity contribution in [3.63, 3.8) is 0 Å². The molecule has 10 heteroatoms. The highest BCUT2D eigenvalue weighted by Gasteiger charge is 2.29. The molecule has 0 amide bonds. The van der Waals surface area contributed by atoms with Crippen molar-refractivity contribution in [2.24, 2.45) is 0 Å². The predicted octanol–water partition coefficient (Wildman–Crippen LogP) is 1.83. The van der Waals surface area contributed by atoms with Crippen molar-refractivity contribution >= 4 is 28.0 Å². The van der Waals surface area contributed by atoms with Crippen molar-refractivity contribution in [1.82, 2.24) is 30.8 Å². The van der Waals surface area contributed by atoms with Crippen LogP contribution in [0.5, 0.6) is 23.0 Å². The molecule has 3 N–H and O–H groups in total. The number of carbonyl (C=O) groups is 1. The summed E-state index contributed by atoms with van der Waals surface area (Å²) in [6.45, 7) is 0. The highest BCUT2D eigenvalue weighted by Crippen LogP contribution is 2.49. The fourth-order valence-electron chi connectivity index (χ4n) is 2.56. The van der Waals surface area contributed by atoms with Gasteiger partial charge >= 0.3 is 5.97 Å². The Labute approximate surface area is 126 Å². The van der Waals surface area contributed by atoms with Crippen molar-refractivity contribution < 1.29 is 19.4 Å². The molecule has 0 atom stereocenters. The molecule has 0 saturated carbocycles. The van der Waals surface area contributed by atoms with E-state index in [1.165, 1.54) is 0 Å². The van der Waals surface area contributed by atoms with E-state index in [1.807, 2.05) is 0 Å². The molecular weight excluding hydrogens is 304 g/mol. The summed E-state index contributed by atoms with van der Waals surface area (Å²) in [5.41, 5.74) is 1.64. The molecule has 0 saturated heterocycles. The molecule has 3 heterocycles. The van der Waals surface area contributed by atoms with E-state index < -0.39 is 5.97 Å². The Morgan fingerprint density at radius 2 is 1.48 bits per heavy atom. The van der Waals surface area contributed by atoms with Gasteiger partial charge in [-0.05, 0) is 0 Å². The molecule has 23 heavy (non-hydrogen) atoms. The zero-order valence-electron chi connectivity index (χ0n) is 11.2. The molecule has 1 aliphatic rings. The Bertz CT molecular complexity index is 1110. The first-order chi connectivity index (χ1) is 11.2. The highest BCUT2D eigenvalue weighted by atomic mass is 16.6. The second-order valence-electron chi connectivity index (χ2n) is 4.89. The smallest absolute Gasteiger partial charge is 0.342 e. The maximum Gasteiger partial charge on any atom is 0.342 e. The number of hydrogen-bond acceptors (Lipinski definition) is 7. The van der Waals surface area contributed by atoms with Crippen LogP contribution >= 0.6 is 0 Å². The molecule has 0 radical (unpaired) electrons. The van der Waals surface area contributed by atoms with Gasteiger partial charge in [-0.25, -0.2) is 4.79 Å². The summed E-state index contributed by atoms with van der Waals surface area (Å²) in [5.74, 6) is -0.0916. The molecule has 0 aliphatic carbocycles. The summed E-state index contributed by atoms with van der Waals surface area (Å²) in [5, 5.41) is 30.1. The van der Waals surface area contributed by atoms with Crippen LogP contribution in [0.15, 0.2) is 18.2 Å². The van der Waals surface area contributed by atoms with E-state index in [9.17, 15) is 9.90 Å². The third-order valence-electron chi connectivity index (χ3n) is 3.56. The Morgan fingerprint density at radius 1 is 0.870 bits per heavy atom. The zero-order valence-corrected chi connectivity index (χ0v) is 11.2. The number of aromatic carboxylic acids is 1. The van der Waals surface area contributed by atoms with Gasteiger partial charge in [0, 0.05) is 18.2 Å². The second kappa shape index (κ2) is 3.94. The van der Waals surface area contributed by atoms with Gasteiger partial charge in [0.2, 0.25) is 0 Å². The quantitative estimate of drug-likeness (QED) is 0.426. The number of nitrogens with zero attached hydrogens (tertiary/aromatic N) is 4. The van der Waals surface area contributed by atoms with Crippen molar-refractivity contribution in [3.8, 4) is 23.0 Å². The Kier molecular flexibility index (Phi) is 2.04. The van der Waals surface area contributed by atoms with Gasteiger partial charge in [0.25, 0.3) is 0 Å². The van der Waals surface area contributed by atoms with Crippen LogP contribution in [0.1, 0.15) is 10.4 Å². The van der Waals surface area contributed by atoms with E-state index >= 15 is 0 Å². The maximum absolute atomic E-state index is 11.6. The number of rotatable bonds is 1. The number of ether oxygens (including phenoxy) is 2. The van der Waals surface area contributed by atoms with Crippen molar-refractivity contribution in [2.45, 2.75) is 0 Å².